The Kier molecular flexibility index (Phi) is 4.44. The highest BCUT2D eigenvalue weighted by molar-refractivity contribution is 5.92. The van der Waals surface area contributed by atoms with E-state index >= 15 is 0 Å². The minimum atomic E-state index is -1.19. The number of pyridine rings is 1. The van der Waals surface area contributed by atoms with E-state index in [0.717, 1.165) is 16.7 Å². The van der Waals surface area contributed by atoms with Crippen LogP contribution in [0.25, 0.3) is 22.4 Å². The van der Waals surface area contributed by atoms with Crippen molar-refractivity contribution in [1.82, 2.24) is 4.98 Å². The van der Waals surface area contributed by atoms with E-state index in [4.69, 9.17) is 10.00 Å². The summed E-state index contributed by atoms with van der Waals surface area (Å²) in [5, 5.41) is 18.5. The van der Waals surface area contributed by atoms with Gasteiger partial charge in [-0.15, -0.1) is 0 Å². The number of ether oxygens (including phenoxy) is 1. The predicted octanol–water partition coefficient (Wildman–Crippen LogP) is 3.99. The summed E-state index contributed by atoms with van der Waals surface area (Å²) in [6, 6.07) is 20.8. The molecule has 0 amide bonds. The molecule has 0 unspecified atom stereocenters. The average molecular weight is 330 g/mol. The Bertz CT molecular complexity index is 959. The molecule has 122 valence electrons. The van der Waals surface area contributed by atoms with E-state index in [-0.39, 0.29) is 17.0 Å². The highest BCUT2D eigenvalue weighted by Crippen LogP contribution is 2.28. The fraction of sp³-hybridized carbons (Fsp3) is 0.0500. The van der Waals surface area contributed by atoms with E-state index in [9.17, 15) is 9.90 Å². The largest absolute Gasteiger partial charge is 0.480 e. The van der Waals surface area contributed by atoms with Crippen LogP contribution in [-0.4, -0.2) is 23.2 Å². The van der Waals surface area contributed by atoms with Crippen LogP contribution < -0.4 is 4.74 Å². The Labute approximate surface area is 144 Å². The zero-order valence-corrected chi connectivity index (χ0v) is 13.4. The predicted molar refractivity (Wildman–Crippen MR) is 93.3 cm³/mol. The molecule has 1 N–H and O–H groups in total. The maximum atomic E-state index is 11.4. The van der Waals surface area contributed by atoms with E-state index < -0.39 is 5.97 Å². The van der Waals surface area contributed by atoms with Crippen molar-refractivity contribution in [3.63, 3.8) is 0 Å². The standard InChI is InChI=1S/C20H14N2O3/c1-25-19-17(12-21)16(20(23)24)11-18(22-19)15-9-7-14(8-10-15)13-5-3-2-4-6-13/h2-11H,1H3,(H,23,24). The van der Waals surface area contributed by atoms with Gasteiger partial charge in [-0.25, -0.2) is 9.78 Å². The van der Waals surface area contributed by atoms with Crippen LogP contribution in [0.4, 0.5) is 0 Å². The number of carboxylic acid groups (broad SMARTS) is 1. The summed E-state index contributed by atoms with van der Waals surface area (Å²) < 4.78 is 5.09. The molecule has 3 rings (SSSR count). The van der Waals surface area contributed by atoms with Crippen LogP contribution in [0.3, 0.4) is 0 Å². The Morgan fingerprint density at radius 2 is 1.64 bits per heavy atom. The van der Waals surface area contributed by atoms with Crippen molar-refractivity contribution < 1.29 is 14.6 Å². The van der Waals surface area contributed by atoms with Crippen molar-refractivity contribution in [1.29, 1.82) is 5.26 Å². The first kappa shape index (κ1) is 16.2. The lowest BCUT2D eigenvalue weighted by molar-refractivity contribution is 0.0696. The summed E-state index contributed by atoms with van der Waals surface area (Å²) in [7, 11) is 1.36. The van der Waals surface area contributed by atoms with E-state index in [2.05, 4.69) is 4.98 Å². The average Bonchev–Trinajstić information content (AvgIpc) is 2.67. The van der Waals surface area contributed by atoms with Crippen LogP contribution in [0.2, 0.25) is 0 Å². The fourth-order valence-corrected chi connectivity index (χ4v) is 2.56. The minimum absolute atomic E-state index is 0.00420. The number of hydrogen-bond acceptors (Lipinski definition) is 4. The van der Waals surface area contributed by atoms with Gasteiger partial charge in [-0.05, 0) is 17.2 Å². The smallest absolute Gasteiger partial charge is 0.337 e. The van der Waals surface area contributed by atoms with Gasteiger partial charge in [-0.1, -0.05) is 54.6 Å². The summed E-state index contributed by atoms with van der Waals surface area (Å²) in [5.74, 6) is -1.19. The molecule has 0 radical (unpaired) electrons. The topological polar surface area (TPSA) is 83.2 Å². The first-order valence-corrected chi connectivity index (χ1v) is 7.52. The van der Waals surface area contributed by atoms with Crippen LogP contribution in [0.15, 0.2) is 60.7 Å². The molecule has 5 heteroatoms. The summed E-state index contributed by atoms with van der Waals surface area (Å²) in [6.45, 7) is 0. The third-order valence-electron chi connectivity index (χ3n) is 3.81. The summed E-state index contributed by atoms with van der Waals surface area (Å²) in [5.41, 5.74) is 3.10. The van der Waals surface area contributed by atoms with Crippen molar-refractivity contribution in [2.45, 2.75) is 0 Å². The van der Waals surface area contributed by atoms with Crippen LogP contribution >= 0.6 is 0 Å². The number of aromatic nitrogens is 1. The van der Waals surface area contributed by atoms with Crippen molar-refractivity contribution in [2.24, 2.45) is 0 Å². The van der Waals surface area contributed by atoms with Gasteiger partial charge in [0.1, 0.15) is 11.6 Å². The minimum Gasteiger partial charge on any atom is -0.480 e. The van der Waals surface area contributed by atoms with E-state index in [1.807, 2.05) is 60.7 Å². The molecule has 0 atom stereocenters. The number of aromatic carboxylic acids is 1. The van der Waals surface area contributed by atoms with Crippen LogP contribution in [-0.2, 0) is 0 Å². The van der Waals surface area contributed by atoms with E-state index in [1.165, 1.54) is 13.2 Å². The summed E-state index contributed by atoms with van der Waals surface area (Å²) in [4.78, 5) is 15.7. The molecule has 1 aromatic heterocycles. The molecule has 25 heavy (non-hydrogen) atoms. The van der Waals surface area contributed by atoms with Gasteiger partial charge in [0.25, 0.3) is 0 Å². The monoisotopic (exact) mass is 330 g/mol. The number of rotatable bonds is 4. The Morgan fingerprint density at radius 3 is 2.20 bits per heavy atom. The van der Waals surface area contributed by atoms with Crippen molar-refractivity contribution >= 4 is 5.97 Å². The molecule has 5 nitrogen and oxygen atoms in total. The summed E-state index contributed by atoms with van der Waals surface area (Å²) >= 11 is 0. The van der Waals surface area contributed by atoms with Crippen LogP contribution in [0.1, 0.15) is 15.9 Å². The van der Waals surface area contributed by atoms with Gasteiger partial charge >= 0.3 is 5.97 Å². The van der Waals surface area contributed by atoms with E-state index in [0.29, 0.717) is 5.69 Å². The van der Waals surface area contributed by atoms with Crippen molar-refractivity contribution in [3.05, 3.63) is 71.8 Å². The lowest BCUT2D eigenvalue weighted by Gasteiger charge is -2.09. The van der Waals surface area contributed by atoms with Gasteiger partial charge in [-0.2, -0.15) is 5.26 Å². The first-order valence-electron chi connectivity index (χ1n) is 7.52. The van der Waals surface area contributed by atoms with Gasteiger partial charge in [0, 0.05) is 5.56 Å². The second-order valence-electron chi connectivity index (χ2n) is 5.30. The SMILES string of the molecule is COc1nc(-c2ccc(-c3ccccc3)cc2)cc(C(=O)O)c1C#N. The third kappa shape index (κ3) is 3.19. The Balaban J connectivity index is 2.06. The second kappa shape index (κ2) is 6.85. The molecular formula is C20H14N2O3. The molecule has 0 aliphatic carbocycles. The molecule has 0 bridgehead atoms. The number of nitrogens with zero attached hydrogens (tertiary/aromatic N) is 2. The molecule has 0 aliphatic rings. The molecule has 2 aromatic carbocycles. The lowest BCUT2D eigenvalue weighted by Crippen LogP contribution is -2.05. The molecule has 3 aromatic rings. The van der Waals surface area contributed by atoms with E-state index in [1.54, 1.807) is 0 Å². The number of nitriles is 1. The highest BCUT2D eigenvalue weighted by atomic mass is 16.5. The molecule has 1 heterocycles. The lowest BCUT2D eigenvalue weighted by atomic mass is 10.0. The first-order chi connectivity index (χ1) is 12.1. The van der Waals surface area contributed by atoms with Crippen molar-refractivity contribution in [2.75, 3.05) is 7.11 Å². The fourth-order valence-electron chi connectivity index (χ4n) is 2.56. The number of carbonyl (C=O) groups is 1. The summed E-state index contributed by atoms with van der Waals surface area (Å²) in [6.07, 6.45) is 0. The normalized spacial score (nSPS) is 10.1. The molecule has 0 saturated carbocycles. The van der Waals surface area contributed by atoms with Crippen molar-refractivity contribution in [3.8, 4) is 34.3 Å². The van der Waals surface area contributed by atoms with Gasteiger partial charge in [-0.3, -0.25) is 0 Å². The zero-order chi connectivity index (χ0) is 17.8. The quantitative estimate of drug-likeness (QED) is 0.782. The Hall–Kier alpha value is -3.65. The van der Waals surface area contributed by atoms with Crippen LogP contribution in [0.5, 0.6) is 5.88 Å². The maximum Gasteiger partial charge on any atom is 0.337 e. The third-order valence-corrected chi connectivity index (χ3v) is 3.81. The maximum absolute atomic E-state index is 11.4. The second-order valence-corrected chi connectivity index (χ2v) is 5.30. The van der Waals surface area contributed by atoms with Gasteiger partial charge in [0.15, 0.2) is 0 Å². The molecule has 0 aliphatic heterocycles. The number of carboxylic acids is 1. The number of hydrogen-bond donors (Lipinski definition) is 1. The number of methoxy groups -OCH3 is 1. The molecule has 0 saturated heterocycles. The highest BCUT2D eigenvalue weighted by Gasteiger charge is 2.19. The van der Waals surface area contributed by atoms with Gasteiger partial charge in [0.2, 0.25) is 5.88 Å². The molecule has 0 fully saturated rings. The van der Waals surface area contributed by atoms with Crippen LogP contribution in [0, 0.1) is 11.3 Å². The van der Waals surface area contributed by atoms with Gasteiger partial charge in [0.05, 0.1) is 18.4 Å². The molecular weight excluding hydrogens is 316 g/mol. The van der Waals surface area contributed by atoms with Gasteiger partial charge < -0.3 is 9.84 Å². The Morgan fingerprint density at radius 1 is 1.04 bits per heavy atom. The number of benzene rings is 2. The molecule has 0 spiro atoms. The zero-order valence-electron chi connectivity index (χ0n) is 13.4.